The van der Waals surface area contributed by atoms with Gasteiger partial charge in [0, 0.05) is 6.54 Å². The standard InChI is InChI=1S/C10H17N5O/c11-6-10(3-1-2-4-10)9(16)12-5-8-13-7-14-15-8/h7H,1-6,11H2,(H,12,16)(H,13,14,15). The van der Waals surface area contributed by atoms with Crippen LogP contribution in [0, 0.1) is 5.41 Å². The molecule has 1 aliphatic rings. The van der Waals surface area contributed by atoms with Gasteiger partial charge in [-0.25, -0.2) is 4.98 Å². The Bertz CT molecular complexity index is 342. The third-order valence-corrected chi connectivity index (χ3v) is 3.31. The summed E-state index contributed by atoms with van der Waals surface area (Å²) >= 11 is 0. The molecule has 16 heavy (non-hydrogen) atoms. The number of nitrogens with two attached hydrogens (primary N) is 1. The lowest BCUT2D eigenvalue weighted by Crippen LogP contribution is -2.44. The Morgan fingerprint density at radius 2 is 2.31 bits per heavy atom. The van der Waals surface area contributed by atoms with Crippen molar-refractivity contribution in [3.05, 3.63) is 12.2 Å². The molecule has 0 unspecified atom stereocenters. The minimum Gasteiger partial charge on any atom is -0.348 e. The van der Waals surface area contributed by atoms with Crippen LogP contribution in [0.15, 0.2) is 6.33 Å². The maximum Gasteiger partial charge on any atom is 0.227 e. The SMILES string of the molecule is NCC1(C(=O)NCc2ncn[nH]2)CCCC1. The number of nitrogens with one attached hydrogen (secondary N) is 2. The number of hydrogen-bond donors (Lipinski definition) is 3. The highest BCUT2D eigenvalue weighted by Gasteiger charge is 2.39. The zero-order chi connectivity index (χ0) is 11.4. The lowest BCUT2D eigenvalue weighted by atomic mass is 9.85. The molecule has 6 nitrogen and oxygen atoms in total. The first-order valence-electron chi connectivity index (χ1n) is 5.59. The third-order valence-electron chi connectivity index (χ3n) is 3.31. The van der Waals surface area contributed by atoms with E-state index in [-0.39, 0.29) is 11.3 Å². The molecule has 4 N–H and O–H groups in total. The summed E-state index contributed by atoms with van der Waals surface area (Å²) < 4.78 is 0. The van der Waals surface area contributed by atoms with E-state index >= 15 is 0 Å². The van der Waals surface area contributed by atoms with Gasteiger partial charge in [-0.15, -0.1) is 0 Å². The molecule has 1 heterocycles. The zero-order valence-corrected chi connectivity index (χ0v) is 9.20. The molecule has 0 radical (unpaired) electrons. The molecule has 6 heteroatoms. The van der Waals surface area contributed by atoms with Gasteiger partial charge >= 0.3 is 0 Å². The van der Waals surface area contributed by atoms with Gasteiger partial charge in [0.05, 0.1) is 12.0 Å². The molecule has 0 saturated heterocycles. The molecule has 0 atom stereocenters. The van der Waals surface area contributed by atoms with Crippen LogP contribution in [0.5, 0.6) is 0 Å². The summed E-state index contributed by atoms with van der Waals surface area (Å²) in [6.07, 6.45) is 5.40. The van der Waals surface area contributed by atoms with Gasteiger partial charge in [0.1, 0.15) is 12.2 Å². The molecular weight excluding hydrogens is 206 g/mol. The summed E-state index contributed by atoms with van der Waals surface area (Å²) in [5.74, 6) is 0.711. The van der Waals surface area contributed by atoms with E-state index in [2.05, 4.69) is 20.5 Å². The van der Waals surface area contributed by atoms with Crippen LogP contribution in [0.25, 0.3) is 0 Å². The lowest BCUT2D eigenvalue weighted by Gasteiger charge is -2.25. The number of aromatic nitrogens is 3. The van der Waals surface area contributed by atoms with Crippen LogP contribution in [0.1, 0.15) is 31.5 Å². The molecule has 1 aliphatic carbocycles. The third kappa shape index (κ3) is 2.06. The molecule has 2 rings (SSSR count). The second-order valence-corrected chi connectivity index (χ2v) is 4.31. The number of carbonyl (C=O) groups excluding carboxylic acids is 1. The number of aromatic amines is 1. The van der Waals surface area contributed by atoms with Gasteiger partial charge in [-0.2, -0.15) is 5.10 Å². The Kier molecular flexibility index (Phi) is 3.19. The summed E-state index contributed by atoms with van der Waals surface area (Å²) in [6.45, 7) is 0.815. The van der Waals surface area contributed by atoms with Gasteiger partial charge in [-0.3, -0.25) is 9.89 Å². The molecule has 0 spiro atoms. The van der Waals surface area contributed by atoms with E-state index in [0.29, 0.717) is 18.9 Å². The Hall–Kier alpha value is -1.43. The second-order valence-electron chi connectivity index (χ2n) is 4.31. The van der Waals surface area contributed by atoms with Gasteiger partial charge in [0.15, 0.2) is 0 Å². The molecule has 0 bridgehead atoms. The van der Waals surface area contributed by atoms with E-state index < -0.39 is 0 Å². The fourth-order valence-electron chi connectivity index (χ4n) is 2.24. The van der Waals surface area contributed by atoms with Crippen LogP contribution < -0.4 is 11.1 Å². The molecular formula is C10H17N5O. The molecule has 88 valence electrons. The van der Waals surface area contributed by atoms with Gasteiger partial charge in [-0.1, -0.05) is 12.8 Å². The van der Waals surface area contributed by atoms with E-state index in [9.17, 15) is 4.79 Å². The number of hydrogen-bond acceptors (Lipinski definition) is 4. The first kappa shape index (κ1) is 11.1. The highest BCUT2D eigenvalue weighted by Crippen LogP contribution is 2.37. The van der Waals surface area contributed by atoms with E-state index in [1.54, 1.807) is 0 Å². The normalized spacial score (nSPS) is 18.6. The maximum atomic E-state index is 12.0. The Morgan fingerprint density at radius 3 is 2.88 bits per heavy atom. The number of nitrogens with zero attached hydrogens (tertiary/aromatic N) is 2. The maximum absolute atomic E-state index is 12.0. The molecule has 1 fully saturated rings. The van der Waals surface area contributed by atoms with E-state index in [1.165, 1.54) is 6.33 Å². The molecule has 1 aromatic rings. The largest absolute Gasteiger partial charge is 0.348 e. The van der Waals surface area contributed by atoms with Crippen LogP contribution in [-0.2, 0) is 11.3 Å². The van der Waals surface area contributed by atoms with Crippen molar-refractivity contribution in [3.63, 3.8) is 0 Å². The number of H-pyrrole nitrogens is 1. The fraction of sp³-hybridized carbons (Fsp3) is 0.700. The van der Waals surface area contributed by atoms with Crippen molar-refractivity contribution in [1.29, 1.82) is 0 Å². The molecule has 0 aromatic carbocycles. The lowest BCUT2D eigenvalue weighted by molar-refractivity contribution is -0.130. The number of rotatable bonds is 4. The summed E-state index contributed by atoms with van der Waals surface area (Å²) in [4.78, 5) is 16.0. The highest BCUT2D eigenvalue weighted by molar-refractivity contribution is 5.83. The smallest absolute Gasteiger partial charge is 0.227 e. The molecule has 1 amide bonds. The van der Waals surface area contributed by atoms with Crippen molar-refractivity contribution in [2.24, 2.45) is 11.1 Å². The Labute approximate surface area is 94.0 Å². The second kappa shape index (κ2) is 4.61. The quantitative estimate of drug-likeness (QED) is 0.666. The zero-order valence-electron chi connectivity index (χ0n) is 9.20. The summed E-state index contributed by atoms with van der Waals surface area (Å²) in [6, 6.07) is 0. The Balaban J connectivity index is 1.91. The van der Waals surface area contributed by atoms with Crippen LogP contribution in [-0.4, -0.2) is 27.6 Å². The van der Waals surface area contributed by atoms with E-state index in [1.807, 2.05) is 0 Å². The predicted octanol–water partition coefficient (Wildman–Crippen LogP) is -0.0600. The van der Waals surface area contributed by atoms with Gasteiger partial charge in [-0.05, 0) is 12.8 Å². The molecule has 1 saturated carbocycles. The van der Waals surface area contributed by atoms with E-state index in [4.69, 9.17) is 5.73 Å². The van der Waals surface area contributed by atoms with Crippen molar-refractivity contribution in [2.45, 2.75) is 32.2 Å². The average Bonchev–Trinajstić information content (AvgIpc) is 2.97. The minimum atomic E-state index is -0.347. The average molecular weight is 223 g/mol. The first-order valence-corrected chi connectivity index (χ1v) is 5.59. The van der Waals surface area contributed by atoms with Crippen molar-refractivity contribution < 1.29 is 4.79 Å². The summed E-state index contributed by atoms with van der Waals surface area (Å²) in [5.41, 5.74) is 5.37. The van der Waals surface area contributed by atoms with E-state index in [0.717, 1.165) is 25.7 Å². The minimum absolute atomic E-state index is 0.0453. The van der Waals surface area contributed by atoms with Crippen molar-refractivity contribution in [3.8, 4) is 0 Å². The fourth-order valence-corrected chi connectivity index (χ4v) is 2.24. The van der Waals surface area contributed by atoms with Crippen LogP contribution in [0.3, 0.4) is 0 Å². The predicted molar refractivity (Wildman–Crippen MR) is 58.2 cm³/mol. The monoisotopic (exact) mass is 223 g/mol. The summed E-state index contributed by atoms with van der Waals surface area (Å²) in [5, 5.41) is 9.30. The van der Waals surface area contributed by atoms with Crippen molar-refractivity contribution in [2.75, 3.05) is 6.54 Å². The van der Waals surface area contributed by atoms with Gasteiger partial charge in [0.2, 0.25) is 5.91 Å². The molecule has 1 aromatic heterocycles. The van der Waals surface area contributed by atoms with Crippen LogP contribution >= 0.6 is 0 Å². The molecule has 0 aliphatic heterocycles. The Morgan fingerprint density at radius 1 is 1.56 bits per heavy atom. The van der Waals surface area contributed by atoms with Gasteiger partial charge in [0.25, 0.3) is 0 Å². The number of amides is 1. The van der Waals surface area contributed by atoms with Gasteiger partial charge < -0.3 is 11.1 Å². The topological polar surface area (TPSA) is 96.7 Å². The van der Waals surface area contributed by atoms with Crippen LogP contribution in [0.2, 0.25) is 0 Å². The summed E-state index contributed by atoms with van der Waals surface area (Å²) in [7, 11) is 0. The van der Waals surface area contributed by atoms with Crippen LogP contribution in [0.4, 0.5) is 0 Å². The van der Waals surface area contributed by atoms with Crippen molar-refractivity contribution in [1.82, 2.24) is 20.5 Å². The highest BCUT2D eigenvalue weighted by atomic mass is 16.2. The first-order chi connectivity index (χ1) is 7.77. The number of carbonyl (C=O) groups is 1. The van der Waals surface area contributed by atoms with Crippen molar-refractivity contribution >= 4 is 5.91 Å².